The van der Waals surface area contributed by atoms with Crippen molar-refractivity contribution in [1.29, 1.82) is 0 Å². The molecule has 0 atom stereocenters. The maximum atomic E-state index is 5.86. The second-order valence-corrected chi connectivity index (χ2v) is 4.81. The Morgan fingerprint density at radius 1 is 1.31 bits per heavy atom. The maximum absolute atomic E-state index is 5.86. The van der Waals surface area contributed by atoms with Gasteiger partial charge in [-0.05, 0) is 12.8 Å². The van der Waals surface area contributed by atoms with Crippen molar-refractivity contribution in [3.05, 3.63) is 5.82 Å². The molecule has 0 unspecified atom stereocenters. The minimum absolute atomic E-state index is 0.524. The Labute approximate surface area is 107 Å². The van der Waals surface area contributed by atoms with Gasteiger partial charge in [-0.3, -0.25) is 0 Å². The topological polar surface area (TPSA) is 29.0 Å². The van der Waals surface area contributed by atoms with Crippen LogP contribution in [-0.2, 0) is 6.42 Å². The molecule has 16 heavy (non-hydrogen) atoms. The lowest BCUT2D eigenvalue weighted by molar-refractivity contribution is 0.566. The van der Waals surface area contributed by atoms with Crippen molar-refractivity contribution in [3.63, 3.8) is 0 Å². The third-order valence-corrected chi connectivity index (χ3v) is 3.69. The van der Waals surface area contributed by atoms with Crippen LogP contribution in [0.2, 0.25) is 0 Å². The highest BCUT2D eigenvalue weighted by Gasteiger charge is 2.18. The number of hydrogen-bond acceptors (Lipinski definition) is 4. The molecule has 0 spiro atoms. The largest absolute Gasteiger partial charge is 0.343 e. The molecule has 0 aliphatic heterocycles. The van der Waals surface area contributed by atoms with Gasteiger partial charge in [0.05, 0.1) is 0 Å². The van der Waals surface area contributed by atoms with Gasteiger partial charge in [0.15, 0.2) is 0 Å². The minimum atomic E-state index is 0.524. The first-order chi connectivity index (χ1) is 7.76. The highest BCUT2D eigenvalue weighted by Crippen LogP contribution is 2.22. The van der Waals surface area contributed by atoms with Crippen LogP contribution in [0.1, 0.15) is 39.4 Å². The monoisotopic (exact) mass is 261 g/mol. The Kier molecular flexibility index (Phi) is 6.06. The number of alkyl halides is 1. The number of anilines is 1. The van der Waals surface area contributed by atoms with E-state index in [1.165, 1.54) is 11.5 Å². The predicted octanol–water partition coefficient (Wildman–Crippen LogP) is 3.33. The lowest BCUT2D eigenvalue weighted by atomic mass is 10.1. The first-order valence-electron chi connectivity index (χ1n) is 5.91. The van der Waals surface area contributed by atoms with E-state index in [-0.39, 0.29) is 0 Å². The molecule has 0 fully saturated rings. The summed E-state index contributed by atoms with van der Waals surface area (Å²) < 4.78 is 4.33. The molecule has 0 aliphatic carbocycles. The van der Waals surface area contributed by atoms with E-state index in [1.807, 2.05) is 0 Å². The van der Waals surface area contributed by atoms with Gasteiger partial charge in [-0.1, -0.05) is 20.8 Å². The van der Waals surface area contributed by atoms with Gasteiger partial charge in [0.25, 0.3) is 0 Å². The molecule has 1 aromatic rings. The summed E-state index contributed by atoms with van der Waals surface area (Å²) in [4.78, 5) is 6.83. The molecule has 0 bridgehead atoms. The molecule has 1 rings (SSSR count). The van der Waals surface area contributed by atoms with Crippen LogP contribution in [0.4, 0.5) is 5.13 Å². The highest BCUT2D eigenvalue weighted by molar-refractivity contribution is 7.09. The van der Waals surface area contributed by atoms with E-state index < -0.39 is 0 Å². The van der Waals surface area contributed by atoms with Gasteiger partial charge in [0.1, 0.15) is 5.82 Å². The fourth-order valence-electron chi connectivity index (χ4n) is 1.76. The molecule has 0 aromatic carbocycles. The van der Waals surface area contributed by atoms with E-state index in [4.69, 9.17) is 11.6 Å². The predicted molar refractivity (Wildman–Crippen MR) is 71.7 cm³/mol. The quantitative estimate of drug-likeness (QED) is 0.705. The summed E-state index contributed by atoms with van der Waals surface area (Å²) in [6.07, 6.45) is 3.14. The lowest BCUT2D eigenvalue weighted by Gasteiger charge is -2.29. The molecule has 0 radical (unpaired) electrons. The minimum Gasteiger partial charge on any atom is -0.343 e. The average Bonchev–Trinajstić information content (AvgIpc) is 2.77. The average molecular weight is 262 g/mol. The molecule has 3 nitrogen and oxygen atoms in total. The molecular formula is C11H20ClN3S. The van der Waals surface area contributed by atoms with E-state index in [2.05, 4.69) is 35.0 Å². The normalized spacial score (nSPS) is 11.1. The number of aryl methyl sites for hydroxylation is 1. The molecule has 1 heterocycles. The van der Waals surface area contributed by atoms with Crippen LogP contribution in [0.5, 0.6) is 0 Å². The Hall–Kier alpha value is -0.350. The van der Waals surface area contributed by atoms with Crippen molar-refractivity contribution in [1.82, 2.24) is 9.36 Å². The van der Waals surface area contributed by atoms with Gasteiger partial charge >= 0.3 is 0 Å². The van der Waals surface area contributed by atoms with Crippen molar-refractivity contribution < 1.29 is 0 Å². The number of rotatable bonds is 7. The summed E-state index contributed by atoms with van der Waals surface area (Å²) in [5.74, 6) is 1.57. The Morgan fingerprint density at radius 2 is 2.00 bits per heavy atom. The van der Waals surface area contributed by atoms with Gasteiger partial charge in [-0.25, -0.2) is 4.98 Å². The van der Waals surface area contributed by atoms with Crippen LogP contribution in [0, 0.1) is 0 Å². The highest BCUT2D eigenvalue weighted by atomic mass is 35.5. The summed E-state index contributed by atoms with van der Waals surface area (Å²) in [6.45, 7) is 7.34. The smallest absolute Gasteiger partial charge is 0.205 e. The Bertz CT molecular complexity index is 299. The molecule has 0 saturated heterocycles. The van der Waals surface area contributed by atoms with Crippen molar-refractivity contribution in [2.24, 2.45) is 0 Å². The van der Waals surface area contributed by atoms with E-state index in [0.717, 1.165) is 36.8 Å². The number of aromatic nitrogens is 2. The van der Waals surface area contributed by atoms with Crippen LogP contribution in [0.15, 0.2) is 0 Å². The molecular weight excluding hydrogens is 242 g/mol. The number of hydrogen-bond donors (Lipinski definition) is 0. The van der Waals surface area contributed by atoms with Crippen molar-refractivity contribution in [3.8, 4) is 0 Å². The molecule has 1 aromatic heterocycles. The van der Waals surface area contributed by atoms with Crippen molar-refractivity contribution in [2.45, 2.75) is 46.1 Å². The third-order valence-electron chi connectivity index (χ3n) is 2.73. The second-order valence-electron chi connectivity index (χ2n) is 3.70. The standard InChI is InChI=1S/C11H20ClN3S/c1-4-9(5-2)15(8-7-12)11-13-10(6-3)14-16-11/h9H,4-8H2,1-3H3. The molecule has 5 heteroatoms. The fourth-order valence-corrected chi connectivity index (χ4v) is 2.79. The summed E-state index contributed by atoms with van der Waals surface area (Å²) in [5.41, 5.74) is 0. The number of halogens is 1. The lowest BCUT2D eigenvalue weighted by Crippen LogP contribution is -2.36. The first-order valence-corrected chi connectivity index (χ1v) is 7.22. The third kappa shape index (κ3) is 3.32. The molecule has 0 amide bonds. The molecule has 0 N–H and O–H groups in total. The van der Waals surface area contributed by atoms with Crippen LogP contribution >= 0.6 is 23.1 Å². The van der Waals surface area contributed by atoms with Crippen LogP contribution in [0.3, 0.4) is 0 Å². The number of nitrogens with zero attached hydrogens (tertiary/aromatic N) is 3. The van der Waals surface area contributed by atoms with Gasteiger partial charge < -0.3 is 4.90 Å². The second kappa shape index (κ2) is 7.07. The van der Waals surface area contributed by atoms with E-state index in [9.17, 15) is 0 Å². The van der Waals surface area contributed by atoms with Crippen molar-refractivity contribution in [2.75, 3.05) is 17.3 Å². The maximum Gasteiger partial charge on any atom is 0.205 e. The van der Waals surface area contributed by atoms with Gasteiger partial charge in [-0.2, -0.15) is 4.37 Å². The zero-order valence-corrected chi connectivity index (χ0v) is 11.8. The van der Waals surface area contributed by atoms with E-state index >= 15 is 0 Å². The Morgan fingerprint density at radius 3 is 2.44 bits per heavy atom. The van der Waals surface area contributed by atoms with Gasteiger partial charge in [-0.15, -0.1) is 11.6 Å². The summed E-state index contributed by atoms with van der Waals surface area (Å²) in [6, 6.07) is 0.524. The van der Waals surface area contributed by atoms with Crippen molar-refractivity contribution >= 4 is 28.3 Å². The van der Waals surface area contributed by atoms with Crippen LogP contribution in [-0.4, -0.2) is 27.8 Å². The molecule has 0 saturated carbocycles. The molecule has 0 aliphatic rings. The van der Waals surface area contributed by atoms with Crippen LogP contribution in [0.25, 0.3) is 0 Å². The van der Waals surface area contributed by atoms with Crippen LogP contribution < -0.4 is 4.90 Å². The summed E-state index contributed by atoms with van der Waals surface area (Å²) in [7, 11) is 0. The van der Waals surface area contributed by atoms with Gasteiger partial charge in [0.2, 0.25) is 5.13 Å². The summed E-state index contributed by atoms with van der Waals surface area (Å²) >= 11 is 7.35. The van der Waals surface area contributed by atoms with E-state index in [0.29, 0.717) is 11.9 Å². The summed E-state index contributed by atoms with van der Waals surface area (Å²) in [5, 5.41) is 1.02. The van der Waals surface area contributed by atoms with E-state index in [1.54, 1.807) is 0 Å². The molecule has 92 valence electrons. The SMILES string of the molecule is CCc1nsc(N(CCCl)C(CC)CC)n1. The first kappa shape index (κ1) is 13.7. The Balaban J connectivity index is 2.82. The fraction of sp³-hybridized carbons (Fsp3) is 0.818. The zero-order chi connectivity index (χ0) is 12.0. The van der Waals surface area contributed by atoms with Gasteiger partial charge in [0, 0.05) is 36.4 Å². The zero-order valence-electron chi connectivity index (χ0n) is 10.2.